The van der Waals surface area contributed by atoms with Crippen LogP contribution in [0.25, 0.3) is 22.0 Å². The largest absolute Gasteiger partial charge is 0.497 e. The molecule has 3 N–H and O–H groups in total. The zero-order valence-corrected chi connectivity index (χ0v) is 11.9. The monoisotopic (exact) mass is 295 g/mol. The van der Waals surface area contributed by atoms with Gasteiger partial charge < -0.3 is 10.1 Å². The van der Waals surface area contributed by atoms with E-state index < -0.39 is 0 Å². The Morgan fingerprint density at radius 1 is 1.05 bits per heavy atom. The van der Waals surface area contributed by atoms with Crippen molar-refractivity contribution in [2.45, 2.75) is 0 Å². The zero-order chi connectivity index (χ0) is 15.1. The summed E-state index contributed by atoms with van der Waals surface area (Å²) in [7, 11) is 1.64. The van der Waals surface area contributed by atoms with Gasteiger partial charge in [-0.1, -0.05) is 6.07 Å². The van der Waals surface area contributed by atoms with Crippen LogP contribution in [-0.2, 0) is 0 Å². The third-order valence-electron chi connectivity index (χ3n) is 3.77. The van der Waals surface area contributed by atoms with Gasteiger partial charge in [-0.05, 0) is 41.8 Å². The summed E-state index contributed by atoms with van der Waals surface area (Å²) < 4.78 is 18.6. The lowest BCUT2D eigenvalue weighted by Gasteiger charge is -2.06. The van der Waals surface area contributed by atoms with Crippen LogP contribution in [-0.4, -0.2) is 17.3 Å². The molecule has 22 heavy (non-hydrogen) atoms. The van der Waals surface area contributed by atoms with Crippen molar-refractivity contribution in [3.05, 3.63) is 54.3 Å². The van der Waals surface area contributed by atoms with Gasteiger partial charge in [0, 0.05) is 22.7 Å². The number of nitrogens with one attached hydrogen (secondary N) is 3. The number of methoxy groups -OCH3 is 1. The van der Waals surface area contributed by atoms with Crippen LogP contribution in [0.2, 0.25) is 0 Å². The van der Waals surface area contributed by atoms with E-state index in [1.807, 2.05) is 30.3 Å². The molecule has 2 aromatic carbocycles. The minimum Gasteiger partial charge on any atom is -0.497 e. The molecular weight excluding hydrogens is 281 g/mol. The molecule has 2 aliphatic rings. The fourth-order valence-corrected chi connectivity index (χ4v) is 2.72. The van der Waals surface area contributed by atoms with Gasteiger partial charge in [-0.2, -0.15) is 0 Å². The Morgan fingerprint density at radius 3 is 2.82 bits per heavy atom. The number of aromatic amines is 2. The van der Waals surface area contributed by atoms with Crippen molar-refractivity contribution in [1.29, 1.82) is 0 Å². The molecule has 110 valence electrons. The molecule has 4 rings (SSSR count). The quantitative estimate of drug-likeness (QED) is 0.521. The van der Waals surface area contributed by atoms with Gasteiger partial charge >= 0.3 is 0 Å². The van der Waals surface area contributed by atoms with E-state index in [2.05, 4.69) is 15.5 Å². The number of aromatic nitrogens is 2. The Hall–Kier alpha value is -2.95. The first-order chi connectivity index (χ1) is 10.7. The summed E-state index contributed by atoms with van der Waals surface area (Å²) in [5.74, 6) is 1.39. The topological polar surface area (TPSA) is 52.8 Å². The molecule has 4 nitrogen and oxygen atoms in total. The number of fused-ring (bicyclic) bond motifs is 3. The second-order valence-electron chi connectivity index (χ2n) is 5.15. The van der Waals surface area contributed by atoms with Crippen molar-refractivity contribution in [3.8, 4) is 17.0 Å². The van der Waals surface area contributed by atoms with E-state index in [9.17, 15) is 4.39 Å². The molecule has 0 atom stereocenters. The average Bonchev–Trinajstić information content (AvgIpc) is 3.07. The predicted octanol–water partition coefficient (Wildman–Crippen LogP) is 4.49. The maximum absolute atomic E-state index is 13.4. The van der Waals surface area contributed by atoms with E-state index in [4.69, 9.17) is 4.74 Å². The van der Waals surface area contributed by atoms with Crippen LogP contribution in [0.3, 0.4) is 0 Å². The van der Waals surface area contributed by atoms with E-state index in [0.717, 1.165) is 39.3 Å². The summed E-state index contributed by atoms with van der Waals surface area (Å²) in [5, 5.41) is 11.4. The van der Waals surface area contributed by atoms with Crippen LogP contribution in [0.5, 0.6) is 5.75 Å². The van der Waals surface area contributed by atoms with Crippen LogP contribution in [0.4, 0.5) is 15.9 Å². The highest BCUT2D eigenvalue weighted by molar-refractivity contribution is 6.04. The minimum absolute atomic E-state index is 0.230. The Kier molecular flexibility index (Phi) is 2.79. The summed E-state index contributed by atoms with van der Waals surface area (Å²) in [6.45, 7) is 0. The Labute approximate surface area is 126 Å². The summed E-state index contributed by atoms with van der Waals surface area (Å²) in [6.07, 6.45) is 0. The third-order valence-corrected chi connectivity index (χ3v) is 3.77. The number of ether oxygens (including phenoxy) is 1. The number of anilines is 2. The maximum atomic E-state index is 13.4. The Morgan fingerprint density at radius 2 is 1.95 bits per heavy atom. The van der Waals surface area contributed by atoms with Gasteiger partial charge in [-0.15, -0.1) is 0 Å². The molecule has 1 aliphatic heterocycles. The van der Waals surface area contributed by atoms with Crippen molar-refractivity contribution in [2.75, 3.05) is 12.4 Å². The van der Waals surface area contributed by atoms with Gasteiger partial charge in [0.25, 0.3) is 0 Å². The van der Waals surface area contributed by atoms with Crippen LogP contribution >= 0.6 is 0 Å². The predicted molar refractivity (Wildman–Crippen MR) is 85.5 cm³/mol. The number of benzene rings is 2. The standard InChI is InChI=1S/C17H14FN3O/c1-22-13-4-2-3-12(9-13)19-17-15-8-10-7-11(18)5-6-14(10)16(15)20-21-17/h2-9,19-21H,1H3. The molecule has 1 aliphatic carbocycles. The first-order valence-electron chi connectivity index (χ1n) is 6.94. The van der Waals surface area contributed by atoms with Crippen LogP contribution in [0.1, 0.15) is 0 Å². The third kappa shape index (κ3) is 1.98. The number of H-pyrrole nitrogens is 2. The summed E-state index contributed by atoms with van der Waals surface area (Å²) in [6, 6.07) is 14.4. The maximum Gasteiger partial charge on any atom is 0.132 e. The number of halogens is 1. The lowest BCUT2D eigenvalue weighted by Crippen LogP contribution is -1.92. The van der Waals surface area contributed by atoms with Crippen LogP contribution < -0.4 is 10.1 Å². The summed E-state index contributed by atoms with van der Waals surface area (Å²) in [4.78, 5) is 0. The summed E-state index contributed by atoms with van der Waals surface area (Å²) in [5.41, 5.74) is 2.86. The van der Waals surface area contributed by atoms with E-state index in [1.54, 1.807) is 19.2 Å². The molecule has 0 saturated carbocycles. The van der Waals surface area contributed by atoms with E-state index in [0.29, 0.717) is 0 Å². The number of rotatable bonds is 3. The van der Waals surface area contributed by atoms with Gasteiger partial charge in [-0.3, -0.25) is 10.2 Å². The smallest absolute Gasteiger partial charge is 0.132 e. The second kappa shape index (κ2) is 4.80. The van der Waals surface area contributed by atoms with Gasteiger partial charge in [0.05, 0.1) is 12.8 Å². The molecule has 0 radical (unpaired) electrons. The molecule has 0 aromatic heterocycles. The molecule has 2 aromatic rings. The van der Waals surface area contributed by atoms with Crippen molar-refractivity contribution < 1.29 is 9.13 Å². The zero-order valence-electron chi connectivity index (χ0n) is 11.9. The first kappa shape index (κ1) is 12.8. The average molecular weight is 295 g/mol. The lowest BCUT2D eigenvalue weighted by molar-refractivity contribution is 0.415. The normalized spacial score (nSPS) is 11.2. The van der Waals surface area contributed by atoms with Crippen LogP contribution in [0, 0.1) is 5.82 Å². The fraction of sp³-hybridized carbons (Fsp3) is 0.0588. The highest BCUT2D eigenvalue weighted by Gasteiger charge is 2.17. The first-order valence-corrected chi connectivity index (χ1v) is 6.94. The summed E-state index contributed by atoms with van der Waals surface area (Å²) >= 11 is 0. The molecule has 1 heterocycles. The Bertz CT molecular complexity index is 925. The molecule has 5 heteroatoms. The molecule has 0 spiro atoms. The SMILES string of the molecule is COc1cccc(Nc2[nH][nH]c3c4ccc(F)cc4cc2-3)c1. The van der Waals surface area contributed by atoms with E-state index in [-0.39, 0.29) is 5.82 Å². The molecule has 0 fully saturated rings. The van der Waals surface area contributed by atoms with Crippen molar-refractivity contribution in [3.63, 3.8) is 0 Å². The fourth-order valence-electron chi connectivity index (χ4n) is 2.72. The van der Waals surface area contributed by atoms with E-state index in [1.165, 1.54) is 6.07 Å². The number of hydrogen-bond donors (Lipinski definition) is 3. The van der Waals surface area contributed by atoms with Gasteiger partial charge in [0.15, 0.2) is 0 Å². The lowest BCUT2D eigenvalue weighted by atomic mass is 10.2. The minimum atomic E-state index is -0.230. The molecule has 0 unspecified atom stereocenters. The molecular formula is C17H14FN3O. The highest BCUT2D eigenvalue weighted by Crippen LogP contribution is 2.38. The van der Waals surface area contributed by atoms with Crippen LogP contribution in [0.15, 0.2) is 48.5 Å². The Balaban J connectivity index is 1.75. The highest BCUT2D eigenvalue weighted by atomic mass is 19.1. The van der Waals surface area contributed by atoms with Crippen molar-refractivity contribution >= 4 is 22.3 Å². The number of hydrogen-bond acceptors (Lipinski definition) is 2. The van der Waals surface area contributed by atoms with E-state index >= 15 is 0 Å². The van der Waals surface area contributed by atoms with Gasteiger partial charge in [0.2, 0.25) is 0 Å². The second-order valence-corrected chi connectivity index (χ2v) is 5.15. The molecule has 0 saturated heterocycles. The molecule has 0 bridgehead atoms. The van der Waals surface area contributed by atoms with Gasteiger partial charge in [0.1, 0.15) is 17.4 Å². The molecule has 0 amide bonds. The van der Waals surface area contributed by atoms with Gasteiger partial charge in [-0.25, -0.2) is 4.39 Å². The van der Waals surface area contributed by atoms with Crippen molar-refractivity contribution in [2.24, 2.45) is 0 Å². The van der Waals surface area contributed by atoms with Crippen molar-refractivity contribution in [1.82, 2.24) is 10.2 Å².